The smallest absolute Gasteiger partial charge is 0.307 e. The van der Waals surface area contributed by atoms with Crippen LogP contribution in [-0.4, -0.2) is 16.9 Å². The van der Waals surface area contributed by atoms with Gasteiger partial charge in [0.05, 0.1) is 5.92 Å². The van der Waals surface area contributed by atoms with Gasteiger partial charge in [-0.25, -0.2) is 0 Å². The summed E-state index contributed by atoms with van der Waals surface area (Å²) in [6.07, 6.45) is 0.799. The molecule has 1 N–H and O–H groups in total. The Hall–Kier alpha value is -0.860. The maximum absolute atomic E-state index is 10.8. The van der Waals surface area contributed by atoms with Gasteiger partial charge in [-0.3, -0.25) is 9.59 Å². The van der Waals surface area contributed by atoms with Gasteiger partial charge in [0.25, 0.3) is 0 Å². The van der Waals surface area contributed by atoms with Gasteiger partial charge in [-0.1, -0.05) is 41.5 Å². The van der Waals surface area contributed by atoms with E-state index in [0.29, 0.717) is 17.6 Å². The molecule has 0 aromatic rings. The highest BCUT2D eigenvalue weighted by molar-refractivity contribution is 5.90. The van der Waals surface area contributed by atoms with Gasteiger partial charge in [0.1, 0.15) is 5.78 Å². The van der Waals surface area contributed by atoms with E-state index in [2.05, 4.69) is 6.92 Å². The zero-order valence-electron chi connectivity index (χ0n) is 11.7. The van der Waals surface area contributed by atoms with Crippen LogP contribution in [0, 0.1) is 28.6 Å². The van der Waals surface area contributed by atoms with Crippen molar-refractivity contribution in [1.82, 2.24) is 0 Å². The molecule has 2 aliphatic rings. The lowest BCUT2D eigenvalue weighted by atomic mass is 9.62. The highest BCUT2D eigenvalue weighted by Gasteiger charge is 2.59. The number of hydrogen-bond donors (Lipinski definition) is 1. The first kappa shape index (κ1) is 14.2. The Labute approximate surface area is 104 Å². The number of rotatable bonds is 1. The normalized spacial score (nSPS) is 36.4. The topological polar surface area (TPSA) is 54.4 Å². The fourth-order valence-electron chi connectivity index (χ4n) is 2.37. The highest BCUT2D eigenvalue weighted by atomic mass is 16.4. The molecule has 3 nitrogen and oxygen atoms in total. The number of aliphatic carboxylic acids is 1. The summed E-state index contributed by atoms with van der Waals surface area (Å²) in [5.74, 6) is 0.639. The van der Waals surface area contributed by atoms with E-state index in [4.69, 9.17) is 5.11 Å². The van der Waals surface area contributed by atoms with Crippen LogP contribution in [0.4, 0.5) is 0 Å². The minimum Gasteiger partial charge on any atom is -0.481 e. The molecule has 0 bridgehead atoms. The maximum atomic E-state index is 10.8. The van der Waals surface area contributed by atoms with E-state index in [1.807, 2.05) is 34.6 Å². The average Bonchev–Trinajstić information content (AvgIpc) is 2.67. The van der Waals surface area contributed by atoms with Crippen LogP contribution >= 0.6 is 0 Å². The molecule has 98 valence electrons. The van der Waals surface area contributed by atoms with Crippen LogP contribution in [0.15, 0.2) is 0 Å². The third-order valence-corrected chi connectivity index (χ3v) is 5.07. The van der Waals surface area contributed by atoms with Crippen LogP contribution in [0.25, 0.3) is 0 Å². The summed E-state index contributed by atoms with van der Waals surface area (Å²) >= 11 is 0. The molecule has 2 aliphatic carbocycles. The standard InChI is InChI=1S/C7H12O2.C7H12O/c1-4-5(6(8)9)7(4,2)3;1-5-4-6(8)7(5,2)3/h4-5H,1-3H3,(H,8,9);5H,4H2,1-3H3. The van der Waals surface area contributed by atoms with Crippen molar-refractivity contribution in [2.75, 3.05) is 0 Å². The van der Waals surface area contributed by atoms with Crippen LogP contribution in [-0.2, 0) is 9.59 Å². The molecule has 0 amide bonds. The highest BCUT2D eigenvalue weighted by Crippen LogP contribution is 2.57. The summed E-state index contributed by atoms with van der Waals surface area (Å²) in [5, 5.41) is 8.56. The zero-order valence-corrected chi connectivity index (χ0v) is 11.7. The number of carboxylic acid groups (broad SMARTS) is 1. The van der Waals surface area contributed by atoms with Gasteiger partial charge < -0.3 is 5.11 Å². The Bertz CT molecular complexity index is 341. The van der Waals surface area contributed by atoms with Gasteiger partial charge in [0.15, 0.2) is 0 Å². The van der Waals surface area contributed by atoms with Gasteiger partial charge in [-0.15, -0.1) is 0 Å². The number of ketones is 1. The Balaban J connectivity index is 0.000000171. The molecule has 0 spiro atoms. The van der Waals surface area contributed by atoms with E-state index in [1.54, 1.807) is 0 Å². The molecule has 3 atom stereocenters. The summed E-state index contributed by atoms with van der Waals surface area (Å²) < 4.78 is 0. The average molecular weight is 240 g/mol. The molecule has 3 unspecified atom stereocenters. The molecule has 0 aliphatic heterocycles. The predicted molar refractivity (Wildman–Crippen MR) is 66.6 cm³/mol. The minimum absolute atomic E-state index is 0. The molecule has 2 fully saturated rings. The third-order valence-electron chi connectivity index (χ3n) is 5.07. The molecule has 17 heavy (non-hydrogen) atoms. The van der Waals surface area contributed by atoms with Crippen molar-refractivity contribution >= 4 is 11.8 Å². The van der Waals surface area contributed by atoms with Crippen LogP contribution in [0.3, 0.4) is 0 Å². The maximum Gasteiger partial charge on any atom is 0.307 e. The van der Waals surface area contributed by atoms with Crippen LogP contribution in [0.1, 0.15) is 48.0 Å². The molecule has 0 heterocycles. The summed E-state index contributed by atoms with van der Waals surface area (Å²) in [6.45, 7) is 12.1. The fourth-order valence-corrected chi connectivity index (χ4v) is 2.37. The Morgan fingerprint density at radius 2 is 1.65 bits per heavy atom. The molecule has 3 heteroatoms. The van der Waals surface area contributed by atoms with E-state index in [9.17, 15) is 9.59 Å². The third kappa shape index (κ3) is 2.38. The first-order chi connectivity index (χ1) is 7.52. The van der Waals surface area contributed by atoms with Crippen molar-refractivity contribution < 1.29 is 14.7 Å². The van der Waals surface area contributed by atoms with Crippen molar-refractivity contribution in [2.24, 2.45) is 28.6 Å². The number of carboxylic acids is 1. The summed E-state index contributed by atoms with van der Waals surface area (Å²) in [4.78, 5) is 21.2. The molecule has 2 saturated carbocycles. The van der Waals surface area contributed by atoms with Crippen LogP contribution in [0.2, 0.25) is 0 Å². The van der Waals surface area contributed by atoms with Gasteiger partial charge in [-0.05, 0) is 17.3 Å². The van der Waals surface area contributed by atoms with E-state index in [-0.39, 0.29) is 16.7 Å². The van der Waals surface area contributed by atoms with Crippen LogP contribution in [0.5, 0.6) is 0 Å². The number of Topliss-reactive ketones (excluding diaryl/α,β-unsaturated/α-hetero) is 1. The lowest BCUT2D eigenvalue weighted by Crippen LogP contribution is -2.43. The van der Waals surface area contributed by atoms with Gasteiger partial charge >= 0.3 is 5.97 Å². The summed E-state index contributed by atoms with van der Waals surface area (Å²) in [5.41, 5.74) is 0.0475. The van der Waals surface area contributed by atoms with Gasteiger partial charge in [0.2, 0.25) is 0 Å². The van der Waals surface area contributed by atoms with Gasteiger partial charge in [0, 0.05) is 11.8 Å². The Kier molecular flexibility index (Phi) is 3.43. The molecule has 0 radical (unpaired) electrons. The Morgan fingerprint density at radius 3 is 1.65 bits per heavy atom. The second-order valence-electron chi connectivity index (χ2n) is 6.68. The lowest BCUT2D eigenvalue weighted by Gasteiger charge is -2.40. The monoisotopic (exact) mass is 240 g/mol. The second-order valence-corrected chi connectivity index (χ2v) is 6.68. The van der Waals surface area contributed by atoms with Crippen molar-refractivity contribution in [3.8, 4) is 0 Å². The molecule has 0 saturated heterocycles. The molecule has 0 aromatic carbocycles. The Morgan fingerprint density at radius 1 is 1.24 bits per heavy atom. The minimum atomic E-state index is -0.646. The molecule has 0 aromatic heterocycles. The largest absolute Gasteiger partial charge is 0.481 e. The SMILES string of the molecule is CC1C(C(=O)O)C1(C)C.CC1CC(=O)C1(C)C. The predicted octanol–water partition coefficient (Wildman–Crippen LogP) is 2.98. The fraction of sp³-hybridized carbons (Fsp3) is 0.857. The number of carbonyl (C=O) groups excluding carboxylic acids is 1. The number of carbonyl (C=O) groups is 2. The van der Waals surface area contributed by atoms with Crippen molar-refractivity contribution in [2.45, 2.75) is 48.0 Å². The zero-order chi connectivity index (χ0) is 13.6. The van der Waals surface area contributed by atoms with E-state index in [0.717, 1.165) is 6.42 Å². The lowest BCUT2D eigenvalue weighted by molar-refractivity contribution is -0.141. The first-order valence-electron chi connectivity index (χ1n) is 6.29. The molecule has 2 rings (SSSR count). The van der Waals surface area contributed by atoms with E-state index in [1.165, 1.54) is 0 Å². The van der Waals surface area contributed by atoms with Crippen molar-refractivity contribution in [3.63, 3.8) is 0 Å². The van der Waals surface area contributed by atoms with E-state index < -0.39 is 5.97 Å². The molecular weight excluding hydrogens is 216 g/mol. The summed E-state index contributed by atoms with van der Waals surface area (Å²) in [7, 11) is 0. The molecular formula is C14H24O3. The van der Waals surface area contributed by atoms with Crippen LogP contribution < -0.4 is 0 Å². The quantitative estimate of drug-likeness (QED) is 0.766. The summed E-state index contributed by atoms with van der Waals surface area (Å²) in [6, 6.07) is 0. The first-order valence-corrected chi connectivity index (χ1v) is 6.29. The van der Waals surface area contributed by atoms with Crippen molar-refractivity contribution in [3.05, 3.63) is 0 Å². The van der Waals surface area contributed by atoms with E-state index >= 15 is 0 Å². The second kappa shape index (κ2) is 4.11. The van der Waals surface area contributed by atoms with Crippen molar-refractivity contribution in [1.29, 1.82) is 0 Å². The number of hydrogen-bond acceptors (Lipinski definition) is 2. The van der Waals surface area contributed by atoms with Gasteiger partial charge in [-0.2, -0.15) is 0 Å².